The molecule has 0 amide bonds. The first-order chi connectivity index (χ1) is 11.2. The van der Waals surface area contributed by atoms with E-state index in [0.29, 0.717) is 0 Å². The van der Waals surface area contributed by atoms with E-state index in [4.69, 9.17) is 4.98 Å². The molecule has 0 unspecified atom stereocenters. The molecule has 4 rings (SSSR count). The maximum Gasteiger partial charge on any atom is 0.204 e. The van der Waals surface area contributed by atoms with Gasteiger partial charge in [0.1, 0.15) is 0 Å². The molecule has 0 saturated carbocycles. The highest BCUT2D eigenvalue weighted by Crippen LogP contribution is 2.29. The Morgan fingerprint density at radius 3 is 2.91 bits per heavy atom. The number of thiazole rings is 1. The first kappa shape index (κ1) is 14.4. The van der Waals surface area contributed by atoms with Gasteiger partial charge in [-0.15, -0.1) is 0 Å². The number of hydrogen-bond donors (Lipinski definition) is 1. The molecule has 0 spiro atoms. The van der Waals surface area contributed by atoms with Crippen molar-refractivity contribution >= 4 is 32.4 Å². The van der Waals surface area contributed by atoms with Crippen LogP contribution in [0.5, 0.6) is 0 Å². The summed E-state index contributed by atoms with van der Waals surface area (Å²) in [7, 11) is 0. The number of anilines is 1. The normalized spacial score (nSPS) is 15.8. The lowest BCUT2D eigenvalue weighted by atomic mass is 9.90. The van der Waals surface area contributed by atoms with Crippen molar-refractivity contribution in [2.24, 2.45) is 5.10 Å². The van der Waals surface area contributed by atoms with Crippen molar-refractivity contribution in [3.8, 4) is 0 Å². The summed E-state index contributed by atoms with van der Waals surface area (Å²) in [5.74, 6) is 0. The van der Waals surface area contributed by atoms with E-state index in [0.717, 1.165) is 35.6 Å². The van der Waals surface area contributed by atoms with Gasteiger partial charge >= 0.3 is 0 Å². The summed E-state index contributed by atoms with van der Waals surface area (Å²) in [5.41, 5.74) is 10.6. The zero-order valence-electron chi connectivity index (χ0n) is 13.4. The molecule has 1 aliphatic carbocycles. The molecule has 1 N–H and O–H groups in total. The van der Waals surface area contributed by atoms with Crippen molar-refractivity contribution < 1.29 is 0 Å². The molecule has 1 aliphatic rings. The van der Waals surface area contributed by atoms with Crippen LogP contribution >= 0.6 is 11.3 Å². The SMILES string of the molecule is Cc1cc(C)c2nc(NN=C3CCCc4ccccc43)sc2c1. The van der Waals surface area contributed by atoms with Crippen LogP contribution in [-0.2, 0) is 6.42 Å². The Labute approximate surface area is 140 Å². The highest BCUT2D eigenvalue weighted by atomic mass is 32.1. The quantitative estimate of drug-likeness (QED) is 0.669. The number of fused-ring (bicyclic) bond motifs is 2. The Balaban J connectivity index is 1.66. The van der Waals surface area contributed by atoms with Gasteiger partial charge in [-0.3, -0.25) is 5.43 Å². The van der Waals surface area contributed by atoms with E-state index in [2.05, 4.69) is 60.8 Å². The van der Waals surface area contributed by atoms with E-state index in [9.17, 15) is 0 Å². The van der Waals surface area contributed by atoms with Crippen LogP contribution in [0.3, 0.4) is 0 Å². The Morgan fingerprint density at radius 2 is 2.00 bits per heavy atom. The van der Waals surface area contributed by atoms with Crippen LogP contribution < -0.4 is 5.43 Å². The van der Waals surface area contributed by atoms with Gasteiger partial charge < -0.3 is 0 Å². The number of aryl methyl sites for hydroxylation is 3. The van der Waals surface area contributed by atoms with Gasteiger partial charge in [0.15, 0.2) is 0 Å². The number of rotatable bonds is 2. The van der Waals surface area contributed by atoms with Crippen molar-refractivity contribution in [1.82, 2.24) is 4.98 Å². The molecule has 0 atom stereocenters. The zero-order valence-corrected chi connectivity index (χ0v) is 14.2. The molecule has 0 radical (unpaired) electrons. The lowest BCUT2D eigenvalue weighted by Crippen LogP contribution is -2.13. The van der Waals surface area contributed by atoms with E-state index in [1.807, 2.05) is 0 Å². The van der Waals surface area contributed by atoms with Crippen molar-refractivity contribution in [3.63, 3.8) is 0 Å². The lowest BCUT2D eigenvalue weighted by Gasteiger charge is -2.17. The average Bonchev–Trinajstić information content (AvgIpc) is 2.96. The Morgan fingerprint density at radius 1 is 1.13 bits per heavy atom. The summed E-state index contributed by atoms with van der Waals surface area (Å²) < 4.78 is 1.22. The predicted octanol–water partition coefficient (Wildman–Crippen LogP) is 5.07. The fourth-order valence-electron chi connectivity index (χ4n) is 3.25. The molecule has 0 bridgehead atoms. The summed E-state index contributed by atoms with van der Waals surface area (Å²) in [6.45, 7) is 4.24. The number of benzene rings is 2. The Kier molecular flexibility index (Phi) is 3.62. The van der Waals surface area contributed by atoms with Gasteiger partial charge in [0.2, 0.25) is 5.13 Å². The number of hydrogen-bond acceptors (Lipinski definition) is 4. The minimum atomic E-state index is 0.865. The Bertz CT molecular complexity index is 908. The molecule has 3 aromatic rings. The third-order valence-electron chi connectivity index (χ3n) is 4.30. The van der Waals surface area contributed by atoms with E-state index in [1.54, 1.807) is 11.3 Å². The van der Waals surface area contributed by atoms with Crippen LogP contribution in [0.15, 0.2) is 41.5 Å². The topological polar surface area (TPSA) is 37.3 Å². The number of nitrogens with one attached hydrogen (secondary N) is 1. The van der Waals surface area contributed by atoms with Crippen molar-refractivity contribution in [3.05, 3.63) is 58.7 Å². The fraction of sp³-hybridized carbons (Fsp3) is 0.263. The van der Waals surface area contributed by atoms with Gasteiger partial charge in [0.05, 0.1) is 15.9 Å². The molecule has 2 aromatic carbocycles. The summed E-state index contributed by atoms with van der Waals surface area (Å²) in [4.78, 5) is 4.69. The zero-order chi connectivity index (χ0) is 15.8. The monoisotopic (exact) mass is 321 g/mol. The lowest BCUT2D eigenvalue weighted by molar-refractivity contribution is 0.837. The van der Waals surface area contributed by atoms with Crippen LogP contribution in [0, 0.1) is 13.8 Å². The highest BCUT2D eigenvalue weighted by Gasteiger charge is 2.15. The predicted molar refractivity (Wildman–Crippen MR) is 98.6 cm³/mol. The standard InChI is InChI=1S/C19H19N3S/c1-12-10-13(2)18-17(11-12)23-19(20-18)22-21-16-9-5-7-14-6-3-4-8-15(14)16/h3-4,6,8,10-11H,5,7,9H2,1-2H3,(H,20,22). The summed E-state index contributed by atoms with van der Waals surface area (Å²) >= 11 is 1.67. The third kappa shape index (κ3) is 2.75. The van der Waals surface area contributed by atoms with Gasteiger partial charge in [-0.1, -0.05) is 41.7 Å². The smallest absolute Gasteiger partial charge is 0.204 e. The van der Waals surface area contributed by atoms with E-state index < -0.39 is 0 Å². The molecular formula is C19H19N3S. The minimum absolute atomic E-state index is 0.865. The maximum absolute atomic E-state index is 4.69. The van der Waals surface area contributed by atoms with Gasteiger partial charge in [0, 0.05) is 5.56 Å². The highest BCUT2D eigenvalue weighted by molar-refractivity contribution is 7.22. The molecule has 0 fully saturated rings. The van der Waals surface area contributed by atoms with Gasteiger partial charge in [0.25, 0.3) is 0 Å². The number of nitrogens with zero attached hydrogens (tertiary/aromatic N) is 2. The second kappa shape index (κ2) is 5.78. The second-order valence-corrected chi connectivity index (χ2v) is 7.16. The Hall–Kier alpha value is -2.20. The number of aromatic nitrogens is 1. The van der Waals surface area contributed by atoms with Crippen LogP contribution in [0.4, 0.5) is 5.13 Å². The van der Waals surface area contributed by atoms with Gasteiger partial charge in [-0.25, -0.2) is 4.98 Å². The molecule has 0 saturated heterocycles. The van der Waals surface area contributed by atoms with Crippen molar-refractivity contribution in [2.75, 3.05) is 5.43 Å². The van der Waals surface area contributed by atoms with E-state index in [-0.39, 0.29) is 0 Å². The summed E-state index contributed by atoms with van der Waals surface area (Å²) in [5, 5.41) is 5.52. The van der Waals surface area contributed by atoms with Crippen LogP contribution in [-0.4, -0.2) is 10.7 Å². The molecule has 0 aliphatic heterocycles. The van der Waals surface area contributed by atoms with Crippen LogP contribution in [0.1, 0.15) is 35.1 Å². The van der Waals surface area contributed by atoms with Crippen molar-refractivity contribution in [2.45, 2.75) is 33.1 Å². The molecule has 3 nitrogen and oxygen atoms in total. The molecule has 23 heavy (non-hydrogen) atoms. The van der Waals surface area contributed by atoms with Crippen LogP contribution in [0.25, 0.3) is 10.2 Å². The van der Waals surface area contributed by atoms with E-state index >= 15 is 0 Å². The summed E-state index contributed by atoms with van der Waals surface area (Å²) in [6.07, 6.45) is 3.33. The second-order valence-electron chi connectivity index (χ2n) is 6.13. The van der Waals surface area contributed by atoms with Gasteiger partial charge in [-0.2, -0.15) is 5.10 Å². The average molecular weight is 321 g/mol. The fourth-order valence-corrected chi connectivity index (χ4v) is 4.24. The first-order valence-corrected chi connectivity index (χ1v) is 8.81. The minimum Gasteiger partial charge on any atom is -0.252 e. The molecular weight excluding hydrogens is 302 g/mol. The first-order valence-electron chi connectivity index (χ1n) is 7.99. The van der Waals surface area contributed by atoms with Crippen LogP contribution in [0.2, 0.25) is 0 Å². The molecule has 116 valence electrons. The van der Waals surface area contributed by atoms with Crippen molar-refractivity contribution in [1.29, 1.82) is 0 Å². The number of hydrazone groups is 1. The molecule has 1 heterocycles. The largest absolute Gasteiger partial charge is 0.252 e. The van der Waals surface area contributed by atoms with E-state index in [1.165, 1.54) is 27.0 Å². The molecule has 4 heteroatoms. The molecule has 1 aromatic heterocycles. The third-order valence-corrected chi connectivity index (χ3v) is 5.21. The van der Waals surface area contributed by atoms with Gasteiger partial charge in [-0.05, 0) is 55.9 Å². The maximum atomic E-state index is 4.69. The summed E-state index contributed by atoms with van der Waals surface area (Å²) in [6, 6.07) is 12.9.